The van der Waals surface area contributed by atoms with Crippen LogP contribution < -0.4 is 9.64 Å². The lowest BCUT2D eigenvalue weighted by Gasteiger charge is -2.30. The van der Waals surface area contributed by atoms with E-state index in [9.17, 15) is 13.2 Å². The van der Waals surface area contributed by atoms with Crippen molar-refractivity contribution in [2.75, 3.05) is 24.6 Å². The number of aryl methyl sites for hydroxylation is 2. The van der Waals surface area contributed by atoms with Gasteiger partial charge < -0.3 is 14.2 Å². The van der Waals surface area contributed by atoms with Crippen molar-refractivity contribution in [1.29, 1.82) is 0 Å². The summed E-state index contributed by atoms with van der Waals surface area (Å²) in [5, 5.41) is 4.05. The van der Waals surface area contributed by atoms with Crippen LogP contribution in [0.5, 0.6) is 5.75 Å². The Labute approximate surface area is 170 Å². The zero-order valence-electron chi connectivity index (χ0n) is 16.8. The van der Waals surface area contributed by atoms with Crippen LogP contribution in [-0.4, -0.2) is 43.5 Å². The molecule has 0 N–H and O–H groups in total. The summed E-state index contributed by atoms with van der Waals surface area (Å²) in [6, 6.07) is 4.44. The van der Waals surface area contributed by atoms with E-state index in [1.165, 1.54) is 13.0 Å². The Morgan fingerprint density at radius 2 is 2.10 bits per heavy atom. The Bertz CT molecular complexity index is 1050. The van der Waals surface area contributed by atoms with E-state index < -0.39 is 10.0 Å². The number of hydrogen-bond donors (Lipinski definition) is 0. The first-order valence-corrected chi connectivity index (χ1v) is 11.3. The van der Waals surface area contributed by atoms with Crippen LogP contribution in [0.2, 0.25) is 0 Å². The standard InChI is InChI=1S/C20H25N3O5S/c1-4-18-20(13(2)21-28-18)17-6-5-9-23(17)29(25,26)15-7-8-16-19(12-15)27-11-10-22(16)14(3)24/h7-8,12,17H,4-6,9-11H2,1-3H3/t17-/m0/s1. The van der Waals surface area contributed by atoms with E-state index in [1.807, 2.05) is 13.8 Å². The first-order chi connectivity index (χ1) is 13.8. The third-order valence-corrected chi connectivity index (χ3v) is 7.53. The minimum atomic E-state index is -3.75. The predicted octanol–water partition coefficient (Wildman–Crippen LogP) is 2.82. The maximum absolute atomic E-state index is 13.5. The summed E-state index contributed by atoms with van der Waals surface area (Å²) in [6.45, 7) is 6.54. The van der Waals surface area contributed by atoms with E-state index in [4.69, 9.17) is 9.26 Å². The van der Waals surface area contributed by atoms with E-state index in [0.29, 0.717) is 37.6 Å². The lowest BCUT2D eigenvalue weighted by atomic mass is 10.0. The van der Waals surface area contributed by atoms with Gasteiger partial charge in [-0.3, -0.25) is 4.79 Å². The third kappa shape index (κ3) is 3.32. The van der Waals surface area contributed by atoms with Crippen LogP contribution in [0.3, 0.4) is 0 Å². The minimum absolute atomic E-state index is 0.0974. The monoisotopic (exact) mass is 419 g/mol. The van der Waals surface area contributed by atoms with Gasteiger partial charge in [0.15, 0.2) is 0 Å². The second-order valence-corrected chi connectivity index (χ2v) is 9.27. The van der Waals surface area contributed by atoms with Crippen molar-refractivity contribution in [3.8, 4) is 5.75 Å². The van der Waals surface area contributed by atoms with Gasteiger partial charge in [-0.15, -0.1) is 0 Å². The van der Waals surface area contributed by atoms with Gasteiger partial charge in [-0.1, -0.05) is 12.1 Å². The average molecular weight is 420 g/mol. The summed E-state index contributed by atoms with van der Waals surface area (Å²) in [6.07, 6.45) is 2.17. The van der Waals surface area contributed by atoms with Crippen molar-refractivity contribution in [3.63, 3.8) is 0 Å². The first kappa shape index (κ1) is 19.9. The molecule has 8 nitrogen and oxygen atoms in total. The Morgan fingerprint density at radius 1 is 1.31 bits per heavy atom. The Hall–Kier alpha value is -2.39. The fourth-order valence-electron chi connectivity index (χ4n) is 4.25. The maximum Gasteiger partial charge on any atom is 0.243 e. The molecule has 2 aromatic rings. The smallest absolute Gasteiger partial charge is 0.243 e. The van der Waals surface area contributed by atoms with Gasteiger partial charge in [-0.25, -0.2) is 8.42 Å². The quantitative estimate of drug-likeness (QED) is 0.757. The number of benzene rings is 1. The van der Waals surface area contributed by atoms with Crippen LogP contribution in [-0.2, 0) is 21.2 Å². The second kappa shape index (κ2) is 7.46. The Morgan fingerprint density at radius 3 is 2.83 bits per heavy atom. The molecule has 0 aliphatic carbocycles. The van der Waals surface area contributed by atoms with Gasteiger partial charge in [0.25, 0.3) is 0 Å². The lowest BCUT2D eigenvalue weighted by molar-refractivity contribution is -0.116. The number of amides is 1. The van der Waals surface area contributed by atoms with Crippen LogP contribution in [0, 0.1) is 6.92 Å². The fraction of sp³-hybridized carbons (Fsp3) is 0.500. The summed E-state index contributed by atoms with van der Waals surface area (Å²) in [7, 11) is -3.75. The molecule has 2 aliphatic rings. The molecule has 1 saturated heterocycles. The largest absolute Gasteiger partial charge is 0.489 e. The molecule has 0 bridgehead atoms. The molecule has 1 aromatic heterocycles. The topological polar surface area (TPSA) is 92.9 Å². The summed E-state index contributed by atoms with van der Waals surface area (Å²) in [4.78, 5) is 13.6. The van der Waals surface area contributed by atoms with E-state index >= 15 is 0 Å². The number of anilines is 1. The highest BCUT2D eigenvalue weighted by molar-refractivity contribution is 7.89. The normalized spacial score (nSPS) is 19.8. The van der Waals surface area contributed by atoms with Gasteiger partial charge in [-0.05, 0) is 31.9 Å². The second-order valence-electron chi connectivity index (χ2n) is 7.38. The molecule has 0 radical (unpaired) electrons. The summed E-state index contributed by atoms with van der Waals surface area (Å²) in [5.41, 5.74) is 2.22. The molecular formula is C20H25N3O5S. The molecule has 0 spiro atoms. The summed E-state index contributed by atoms with van der Waals surface area (Å²) >= 11 is 0. The van der Waals surface area contributed by atoms with Gasteiger partial charge in [0.05, 0.1) is 28.9 Å². The molecule has 4 rings (SSSR count). The fourth-order valence-corrected chi connectivity index (χ4v) is 5.93. The number of nitrogens with zero attached hydrogens (tertiary/aromatic N) is 3. The molecule has 156 valence electrons. The van der Waals surface area contributed by atoms with Gasteiger partial charge >= 0.3 is 0 Å². The molecule has 1 amide bonds. The van der Waals surface area contributed by atoms with Crippen LogP contribution in [0.25, 0.3) is 0 Å². The van der Waals surface area contributed by atoms with Crippen molar-refractivity contribution in [2.45, 2.75) is 51.0 Å². The Kier molecular flexibility index (Phi) is 5.12. The van der Waals surface area contributed by atoms with Crippen molar-refractivity contribution < 1.29 is 22.5 Å². The van der Waals surface area contributed by atoms with Gasteiger partial charge in [0.2, 0.25) is 15.9 Å². The molecular weight excluding hydrogens is 394 g/mol. The average Bonchev–Trinajstić information content (AvgIpc) is 3.33. The van der Waals surface area contributed by atoms with E-state index in [1.54, 1.807) is 21.3 Å². The van der Waals surface area contributed by atoms with E-state index in [2.05, 4.69) is 5.16 Å². The summed E-state index contributed by atoms with van der Waals surface area (Å²) in [5.74, 6) is 1.05. The van der Waals surface area contributed by atoms with E-state index in [-0.39, 0.29) is 16.8 Å². The highest BCUT2D eigenvalue weighted by Crippen LogP contribution is 2.41. The molecule has 2 aliphatic heterocycles. The van der Waals surface area contributed by atoms with Crippen molar-refractivity contribution >= 4 is 21.6 Å². The lowest BCUT2D eigenvalue weighted by Crippen LogP contribution is -2.36. The highest BCUT2D eigenvalue weighted by atomic mass is 32.2. The molecule has 0 saturated carbocycles. The van der Waals surface area contributed by atoms with Gasteiger partial charge in [0.1, 0.15) is 18.1 Å². The number of sulfonamides is 1. The number of fused-ring (bicyclic) bond motifs is 1. The highest BCUT2D eigenvalue weighted by Gasteiger charge is 2.39. The van der Waals surface area contributed by atoms with E-state index in [0.717, 1.165) is 29.9 Å². The molecule has 0 unspecified atom stereocenters. The zero-order valence-corrected chi connectivity index (χ0v) is 17.7. The van der Waals surface area contributed by atoms with Crippen LogP contribution in [0.15, 0.2) is 27.6 Å². The zero-order chi connectivity index (χ0) is 20.8. The van der Waals surface area contributed by atoms with Gasteiger partial charge in [0, 0.05) is 31.5 Å². The number of ether oxygens (including phenoxy) is 1. The number of aromatic nitrogens is 1. The molecule has 9 heteroatoms. The Balaban J connectivity index is 1.71. The number of rotatable bonds is 4. The van der Waals surface area contributed by atoms with Crippen LogP contribution in [0.1, 0.15) is 49.7 Å². The van der Waals surface area contributed by atoms with Crippen molar-refractivity contribution in [3.05, 3.63) is 35.2 Å². The molecule has 1 fully saturated rings. The number of carbonyl (C=O) groups excluding carboxylic acids is 1. The molecule has 3 heterocycles. The predicted molar refractivity (Wildman–Crippen MR) is 106 cm³/mol. The summed E-state index contributed by atoms with van der Waals surface area (Å²) < 4.78 is 39.6. The molecule has 1 atom stereocenters. The molecule has 1 aromatic carbocycles. The number of hydrogen-bond acceptors (Lipinski definition) is 6. The van der Waals surface area contributed by atoms with Crippen molar-refractivity contribution in [1.82, 2.24) is 9.46 Å². The van der Waals surface area contributed by atoms with Crippen molar-refractivity contribution in [2.24, 2.45) is 0 Å². The third-order valence-electron chi connectivity index (χ3n) is 5.62. The SMILES string of the molecule is CCc1onc(C)c1[C@@H]1CCCN1S(=O)(=O)c1ccc2c(c1)OCCN2C(C)=O. The number of carbonyl (C=O) groups is 1. The van der Waals surface area contributed by atoms with Crippen LogP contribution >= 0.6 is 0 Å². The van der Waals surface area contributed by atoms with Gasteiger partial charge in [-0.2, -0.15) is 4.31 Å². The maximum atomic E-state index is 13.5. The van der Waals surface area contributed by atoms with Crippen LogP contribution in [0.4, 0.5) is 5.69 Å². The first-order valence-electron chi connectivity index (χ1n) is 9.86. The molecule has 29 heavy (non-hydrogen) atoms. The minimum Gasteiger partial charge on any atom is -0.489 e.